The minimum atomic E-state index is -0.613. The average molecular weight is 217 g/mol. The van der Waals surface area contributed by atoms with Crippen LogP contribution >= 0.6 is 0 Å². The zero-order chi connectivity index (χ0) is 11.5. The molecule has 3 heteroatoms. The SMILES string of the molecule is CC.CC[C@@]12C[C@H](F)CN1C[C@H](OC)C2. The van der Waals surface area contributed by atoms with Gasteiger partial charge in [-0.05, 0) is 19.3 Å². The first kappa shape index (κ1) is 12.9. The van der Waals surface area contributed by atoms with E-state index in [1.54, 1.807) is 7.11 Å². The number of alkyl halides is 1. The van der Waals surface area contributed by atoms with Gasteiger partial charge < -0.3 is 4.74 Å². The van der Waals surface area contributed by atoms with E-state index in [0.29, 0.717) is 19.1 Å². The van der Waals surface area contributed by atoms with Crippen molar-refractivity contribution in [2.24, 2.45) is 0 Å². The fourth-order valence-corrected chi connectivity index (χ4v) is 2.92. The number of nitrogens with zero attached hydrogens (tertiary/aromatic N) is 1. The standard InChI is InChI=1S/C10H18FNO.C2H6/c1-3-10-4-8(11)6-12(10)7-9(5-10)13-2;1-2/h8-9H,3-7H2,1-2H3;1-2H3/t8-,9+,10-;/m0./s1. The highest BCUT2D eigenvalue weighted by Crippen LogP contribution is 2.42. The van der Waals surface area contributed by atoms with E-state index >= 15 is 0 Å². The third kappa shape index (κ3) is 2.34. The third-order valence-electron chi connectivity index (χ3n) is 3.71. The summed E-state index contributed by atoms with van der Waals surface area (Å²) in [6.07, 6.45) is 2.49. The number of hydrogen-bond donors (Lipinski definition) is 0. The van der Waals surface area contributed by atoms with E-state index in [1.807, 2.05) is 13.8 Å². The Morgan fingerprint density at radius 2 is 2.00 bits per heavy atom. The fraction of sp³-hybridized carbons (Fsp3) is 1.00. The molecular formula is C12H24FNO. The van der Waals surface area contributed by atoms with Gasteiger partial charge in [-0.3, -0.25) is 4.90 Å². The maximum absolute atomic E-state index is 13.2. The molecule has 0 bridgehead atoms. The van der Waals surface area contributed by atoms with E-state index < -0.39 is 6.17 Å². The summed E-state index contributed by atoms with van der Waals surface area (Å²) < 4.78 is 18.6. The van der Waals surface area contributed by atoms with Gasteiger partial charge in [0.25, 0.3) is 0 Å². The highest BCUT2D eigenvalue weighted by atomic mass is 19.1. The number of fused-ring (bicyclic) bond motifs is 1. The van der Waals surface area contributed by atoms with Gasteiger partial charge in [0.05, 0.1) is 6.10 Å². The molecule has 0 aromatic carbocycles. The second-order valence-electron chi connectivity index (χ2n) is 4.35. The van der Waals surface area contributed by atoms with E-state index in [1.165, 1.54) is 0 Å². The zero-order valence-corrected chi connectivity index (χ0v) is 10.4. The van der Waals surface area contributed by atoms with Crippen molar-refractivity contribution in [2.75, 3.05) is 20.2 Å². The molecule has 0 aliphatic carbocycles. The number of ether oxygens (including phenoxy) is 1. The molecule has 2 saturated heterocycles. The van der Waals surface area contributed by atoms with E-state index in [0.717, 1.165) is 19.4 Å². The number of rotatable bonds is 2. The van der Waals surface area contributed by atoms with Gasteiger partial charge in [0.2, 0.25) is 0 Å². The number of hydrogen-bond acceptors (Lipinski definition) is 2. The van der Waals surface area contributed by atoms with Crippen molar-refractivity contribution < 1.29 is 9.13 Å². The van der Waals surface area contributed by atoms with Crippen LogP contribution in [0.4, 0.5) is 4.39 Å². The Hall–Kier alpha value is -0.150. The molecule has 0 saturated carbocycles. The lowest BCUT2D eigenvalue weighted by Gasteiger charge is -2.29. The molecular weight excluding hydrogens is 193 g/mol. The first-order valence-electron chi connectivity index (χ1n) is 6.12. The van der Waals surface area contributed by atoms with Crippen molar-refractivity contribution in [3.8, 4) is 0 Å². The summed E-state index contributed by atoms with van der Waals surface area (Å²) >= 11 is 0. The second-order valence-corrected chi connectivity index (χ2v) is 4.35. The zero-order valence-electron chi connectivity index (χ0n) is 10.4. The molecule has 90 valence electrons. The monoisotopic (exact) mass is 217 g/mol. The summed E-state index contributed by atoms with van der Waals surface area (Å²) in [5.41, 5.74) is 0.125. The van der Waals surface area contributed by atoms with Crippen LogP contribution in [0.5, 0.6) is 0 Å². The Labute approximate surface area is 92.8 Å². The fourth-order valence-electron chi connectivity index (χ4n) is 2.92. The molecule has 2 aliphatic heterocycles. The van der Waals surface area contributed by atoms with Crippen LogP contribution in [0.15, 0.2) is 0 Å². The lowest BCUT2D eigenvalue weighted by molar-refractivity contribution is 0.104. The molecule has 2 heterocycles. The number of methoxy groups -OCH3 is 1. The average Bonchev–Trinajstić information content (AvgIpc) is 2.73. The summed E-state index contributed by atoms with van der Waals surface area (Å²) in [5, 5.41) is 0. The van der Waals surface area contributed by atoms with Crippen molar-refractivity contribution in [2.45, 2.75) is 57.8 Å². The summed E-state index contributed by atoms with van der Waals surface area (Å²) in [6.45, 7) is 7.70. The smallest absolute Gasteiger partial charge is 0.115 e. The van der Waals surface area contributed by atoms with Crippen molar-refractivity contribution in [1.82, 2.24) is 4.90 Å². The molecule has 0 unspecified atom stereocenters. The molecule has 2 nitrogen and oxygen atoms in total. The van der Waals surface area contributed by atoms with Gasteiger partial charge in [-0.1, -0.05) is 20.8 Å². The molecule has 0 spiro atoms. The van der Waals surface area contributed by atoms with Crippen molar-refractivity contribution >= 4 is 0 Å². The third-order valence-corrected chi connectivity index (χ3v) is 3.71. The normalized spacial score (nSPS) is 39.8. The van der Waals surface area contributed by atoms with Crippen LogP contribution in [0.1, 0.15) is 40.0 Å². The van der Waals surface area contributed by atoms with Crippen molar-refractivity contribution in [1.29, 1.82) is 0 Å². The summed E-state index contributed by atoms with van der Waals surface area (Å²) in [6, 6.07) is 0. The van der Waals surface area contributed by atoms with Gasteiger partial charge in [-0.2, -0.15) is 0 Å². The maximum Gasteiger partial charge on any atom is 0.115 e. The Morgan fingerprint density at radius 3 is 2.47 bits per heavy atom. The van der Waals surface area contributed by atoms with E-state index in [4.69, 9.17) is 4.74 Å². The van der Waals surface area contributed by atoms with Gasteiger partial charge in [0, 0.05) is 25.7 Å². The molecule has 15 heavy (non-hydrogen) atoms. The van der Waals surface area contributed by atoms with Crippen LogP contribution in [0.25, 0.3) is 0 Å². The largest absolute Gasteiger partial charge is 0.380 e. The van der Waals surface area contributed by atoms with Gasteiger partial charge in [-0.25, -0.2) is 4.39 Å². The Morgan fingerprint density at radius 1 is 1.33 bits per heavy atom. The lowest BCUT2D eigenvalue weighted by Crippen LogP contribution is -2.37. The summed E-state index contributed by atoms with van der Waals surface area (Å²) in [5.74, 6) is 0. The summed E-state index contributed by atoms with van der Waals surface area (Å²) in [4.78, 5) is 2.28. The van der Waals surface area contributed by atoms with Crippen LogP contribution in [0.2, 0.25) is 0 Å². The van der Waals surface area contributed by atoms with Crippen molar-refractivity contribution in [3.63, 3.8) is 0 Å². The molecule has 2 aliphatic rings. The molecule has 2 rings (SSSR count). The Kier molecular flexibility index (Phi) is 4.53. The van der Waals surface area contributed by atoms with Gasteiger partial charge >= 0.3 is 0 Å². The lowest BCUT2D eigenvalue weighted by atomic mass is 9.90. The number of halogens is 1. The molecule has 2 fully saturated rings. The minimum absolute atomic E-state index is 0.125. The van der Waals surface area contributed by atoms with E-state index in [9.17, 15) is 4.39 Å². The second kappa shape index (κ2) is 5.26. The molecule has 0 aromatic rings. The highest BCUT2D eigenvalue weighted by Gasteiger charge is 2.50. The van der Waals surface area contributed by atoms with Gasteiger partial charge in [0.1, 0.15) is 6.17 Å². The molecule has 0 N–H and O–H groups in total. The molecule has 0 amide bonds. The first-order chi connectivity index (χ1) is 7.20. The van der Waals surface area contributed by atoms with E-state index in [-0.39, 0.29) is 5.54 Å². The topological polar surface area (TPSA) is 12.5 Å². The van der Waals surface area contributed by atoms with E-state index in [2.05, 4.69) is 11.8 Å². The molecule has 0 aromatic heterocycles. The Bertz CT molecular complexity index is 200. The van der Waals surface area contributed by atoms with Crippen LogP contribution in [0, 0.1) is 0 Å². The predicted octanol–water partition coefficient (Wildman–Crippen LogP) is 2.62. The molecule has 0 radical (unpaired) electrons. The van der Waals surface area contributed by atoms with Crippen LogP contribution < -0.4 is 0 Å². The molecule has 3 atom stereocenters. The maximum atomic E-state index is 13.2. The highest BCUT2D eigenvalue weighted by molar-refractivity contribution is 5.05. The first-order valence-corrected chi connectivity index (χ1v) is 6.12. The van der Waals surface area contributed by atoms with Crippen molar-refractivity contribution in [3.05, 3.63) is 0 Å². The van der Waals surface area contributed by atoms with Crippen LogP contribution in [-0.4, -0.2) is 42.9 Å². The quantitative estimate of drug-likeness (QED) is 0.705. The predicted molar refractivity (Wildman–Crippen MR) is 60.9 cm³/mol. The minimum Gasteiger partial charge on any atom is -0.380 e. The Balaban J connectivity index is 0.000000531. The van der Waals surface area contributed by atoms with Gasteiger partial charge in [-0.15, -0.1) is 0 Å². The summed E-state index contributed by atoms with van der Waals surface area (Å²) in [7, 11) is 1.75. The van der Waals surface area contributed by atoms with Crippen LogP contribution in [0.3, 0.4) is 0 Å². The van der Waals surface area contributed by atoms with Crippen LogP contribution in [-0.2, 0) is 4.74 Å². The van der Waals surface area contributed by atoms with Gasteiger partial charge in [0.15, 0.2) is 0 Å².